The van der Waals surface area contributed by atoms with Crippen LogP contribution in [0.3, 0.4) is 0 Å². The second kappa shape index (κ2) is 9.59. The molecule has 0 bridgehead atoms. The molecule has 0 heterocycles. The minimum absolute atomic E-state index is 0.230. The van der Waals surface area contributed by atoms with Crippen molar-refractivity contribution < 1.29 is 9.13 Å². The second-order valence-electron chi connectivity index (χ2n) is 5.51. The van der Waals surface area contributed by atoms with Gasteiger partial charge in [0.1, 0.15) is 5.82 Å². The Labute approximate surface area is 143 Å². The molecule has 0 radical (unpaired) electrons. The number of nitrogens with one attached hydrogen (secondary N) is 1. The Kier molecular flexibility index (Phi) is 7.13. The normalized spacial score (nSPS) is 10.2. The van der Waals surface area contributed by atoms with Crippen LogP contribution >= 0.6 is 0 Å². The zero-order valence-corrected chi connectivity index (χ0v) is 14.0. The molecule has 0 aliphatic carbocycles. The molecule has 4 heteroatoms. The molecule has 0 unspecified atom stereocenters. The van der Waals surface area contributed by atoms with Crippen molar-refractivity contribution in [3.05, 3.63) is 59.9 Å². The molecule has 0 saturated carbocycles. The monoisotopic (exact) mass is 326 g/mol. The SMILES string of the molecule is C#CCN(Cc1ccc(F)cc1)c1ccc(NCCCOC)cc1. The van der Waals surface area contributed by atoms with Crippen molar-refractivity contribution in [2.45, 2.75) is 13.0 Å². The maximum atomic E-state index is 13.0. The lowest BCUT2D eigenvalue weighted by Crippen LogP contribution is -2.22. The molecule has 0 fully saturated rings. The summed E-state index contributed by atoms with van der Waals surface area (Å²) in [4.78, 5) is 2.09. The van der Waals surface area contributed by atoms with Gasteiger partial charge in [0.15, 0.2) is 0 Å². The Morgan fingerprint density at radius 3 is 2.46 bits per heavy atom. The fourth-order valence-corrected chi connectivity index (χ4v) is 2.40. The van der Waals surface area contributed by atoms with Gasteiger partial charge in [-0.3, -0.25) is 0 Å². The van der Waals surface area contributed by atoms with Crippen molar-refractivity contribution >= 4 is 11.4 Å². The van der Waals surface area contributed by atoms with E-state index in [1.54, 1.807) is 19.2 Å². The first-order chi connectivity index (χ1) is 11.7. The van der Waals surface area contributed by atoms with Crippen LogP contribution in [0.1, 0.15) is 12.0 Å². The van der Waals surface area contributed by atoms with Crippen molar-refractivity contribution in [2.75, 3.05) is 37.0 Å². The fourth-order valence-electron chi connectivity index (χ4n) is 2.40. The van der Waals surface area contributed by atoms with Crippen LogP contribution < -0.4 is 10.2 Å². The molecule has 0 amide bonds. The molecule has 2 rings (SSSR count). The number of benzene rings is 2. The summed E-state index contributed by atoms with van der Waals surface area (Å²) in [5.41, 5.74) is 3.13. The van der Waals surface area contributed by atoms with E-state index in [0.717, 1.165) is 36.5 Å². The zero-order valence-electron chi connectivity index (χ0n) is 14.0. The van der Waals surface area contributed by atoms with Gasteiger partial charge in [-0.15, -0.1) is 6.42 Å². The molecule has 0 aliphatic heterocycles. The summed E-state index contributed by atoms with van der Waals surface area (Å²) in [5, 5.41) is 3.35. The zero-order chi connectivity index (χ0) is 17.2. The molecular weight excluding hydrogens is 303 g/mol. The standard InChI is InChI=1S/C20H23FN2O/c1-3-14-23(16-17-5-7-18(21)8-6-17)20-11-9-19(10-12-20)22-13-4-15-24-2/h1,5-12,22H,4,13-16H2,2H3. The Morgan fingerprint density at radius 2 is 1.83 bits per heavy atom. The van der Waals surface area contributed by atoms with Crippen LogP contribution in [-0.2, 0) is 11.3 Å². The van der Waals surface area contributed by atoms with Gasteiger partial charge in [0, 0.05) is 38.2 Å². The molecule has 0 saturated heterocycles. The molecule has 3 nitrogen and oxygen atoms in total. The van der Waals surface area contributed by atoms with E-state index in [0.29, 0.717) is 13.1 Å². The number of ether oxygens (including phenoxy) is 1. The largest absolute Gasteiger partial charge is 0.385 e. The van der Waals surface area contributed by atoms with Crippen LogP contribution in [-0.4, -0.2) is 26.8 Å². The van der Waals surface area contributed by atoms with Crippen LogP contribution in [0.25, 0.3) is 0 Å². The number of halogens is 1. The summed E-state index contributed by atoms with van der Waals surface area (Å²) in [6, 6.07) is 14.7. The topological polar surface area (TPSA) is 24.5 Å². The highest BCUT2D eigenvalue weighted by molar-refractivity contribution is 5.56. The number of methoxy groups -OCH3 is 1. The summed E-state index contributed by atoms with van der Waals surface area (Å²) < 4.78 is 18.1. The molecule has 126 valence electrons. The molecule has 2 aromatic carbocycles. The van der Waals surface area contributed by atoms with Crippen LogP contribution in [0.2, 0.25) is 0 Å². The molecule has 0 aromatic heterocycles. The second-order valence-corrected chi connectivity index (χ2v) is 5.51. The molecule has 24 heavy (non-hydrogen) atoms. The van der Waals surface area contributed by atoms with E-state index in [1.807, 2.05) is 24.3 Å². The first kappa shape index (κ1) is 17.8. The molecule has 1 N–H and O–H groups in total. The summed E-state index contributed by atoms with van der Waals surface area (Å²) in [6.45, 7) is 2.76. The quantitative estimate of drug-likeness (QED) is 0.558. The lowest BCUT2D eigenvalue weighted by atomic mass is 10.2. The van der Waals surface area contributed by atoms with Gasteiger partial charge in [0.25, 0.3) is 0 Å². The Hall–Kier alpha value is -2.51. The highest BCUT2D eigenvalue weighted by atomic mass is 19.1. The van der Waals surface area contributed by atoms with E-state index in [9.17, 15) is 4.39 Å². The third-order valence-electron chi connectivity index (χ3n) is 3.66. The average Bonchev–Trinajstić information content (AvgIpc) is 2.61. The summed E-state index contributed by atoms with van der Waals surface area (Å²) in [7, 11) is 1.70. The van der Waals surface area contributed by atoms with Crippen molar-refractivity contribution in [1.29, 1.82) is 0 Å². The molecule has 2 aromatic rings. The first-order valence-corrected chi connectivity index (χ1v) is 7.98. The van der Waals surface area contributed by atoms with Gasteiger partial charge in [-0.1, -0.05) is 18.1 Å². The predicted molar refractivity (Wildman–Crippen MR) is 97.7 cm³/mol. The molecular formula is C20H23FN2O. The van der Waals surface area contributed by atoms with Gasteiger partial charge in [-0.2, -0.15) is 0 Å². The molecule has 0 aliphatic rings. The Balaban J connectivity index is 1.99. The van der Waals surface area contributed by atoms with Crippen molar-refractivity contribution in [3.63, 3.8) is 0 Å². The summed E-state index contributed by atoms with van der Waals surface area (Å²) in [6.07, 6.45) is 6.46. The van der Waals surface area contributed by atoms with E-state index in [1.165, 1.54) is 12.1 Å². The minimum Gasteiger partial charge on any atom is -0.385 e. The molecule has 0 atom stereocenters. The smallest absolute Gasteiger partial charge is 0.123 e. The maximum absolute atomic E-state index is 13.0. The Bertz CT molecular complexity index is 647. The maximum Gasteiger partial charge on any atom is 0.123 e. The predicted octanol–water partition coefficient (Wildman–Crippen LogP) is 3.91. The van der Waals surface area contributed by atoms with Gasteiger partial charge in [0.05, 0.1) is 6.54 Å². The van der Waals surface area contributed by atoms with Crippen LogP contribution in [0.5, 0.6) is 0 Å². The highest BCUT2D eigenvalue weighted by Gasteiger charge is 2.06. The van der Waals surface area contributed by atoms with Crippen LogP contribution in [0.4, 0.5) is 15.8 Å². The lowest BCUT2D eigenvalue weighted by Gasteiger charge is -2.23. The van der Waals surface area contributed by atoms with Gasteiger partial charge < -0.3 is 15.0 Å². The van der Waals surface area contributed by atoms with E-state index in [-0.39, 0.29) is 5.82 Å². The third kappa shape index (κ3) is 5.60. The van der Waals surface area contributed by atoms with Crippen LogP contribution in [0, 0.1) is 18.2 Å². The minimum atomic E-state index is -0.230. The van der Waals surface area contributed by atoms with Gasteiger partial charge in [-0.05, 0) is 48.4 Å². The third-order valence-corrected chi connectivity index (χ3v) is 3.66. The van der Waals surface area contributed by atoms with Crippen molar-refractivity contribution in [2.24, 2.45) is 0 Å². The van der Waals surface area contributed by atoms with E-state index in [2.05, 4.69) is 16.1 Å². The van der Waals surface area contributed by atoms with Gasteiger partial charge >= 0.3 is 0 Å². The number of anilines is 2. The number of terminal acetylenes is 1. The van der Waals surface area contributed by atoms with E-state index < -0.39 is 0 Å². The summed E-state index contributed by atoms with van der Waals surface area (Å²) >= 11 is 0. The number of hydrogen-bond donors (Lipinski definition) is 1. The highest BCUT2D eigenvalue weighted by Crippen LogP contribution is 2.20. The van der Waals surface area contributed by atoms with Crippen LogP contribution in [0.15, 0.2) is 48.5 Å². The summed E-state index contributed by atoms with van der Waals surface area (Å²) in [5.74, 6) is 2.45. The Morgan fingerprint density at radius 1 is 1.12 bits per heavy atom. The van der Waals surface area contributed by atoms with Crippen molar-refractivity contribution in [3.8, 4) is 12.3 Å². The van der Waals surface area contributed by atoms with Crippen molar-refractivity contribution in [1.82, 2.24) is 0 Å². The van der Waals surface area contributed by atoms with Gasteiger partial charge in [0.2, 0.25) is 0 Å². The van der Waals surface area contributed by atoms with Gasteiger partial charge in [-0.25, -0.2) is 4.39 Å². The first-order valence-electron chi connectivity index (χ1n) is 7.98. The number of rotatable bonds is 9. The van der Waals surface area contributed by atoms with E-state index in [4.69, 9.17) is 11.2 Å². The number of hydrogen-bond acceptors (Lipinski definition) is 3. The fraction of sp³-hybridized carbons (Fsp3) is 0.300. The lowest BCUT2D eigenvalue weighted by molar-refractivity contribution is 0.198. The average molecular weight is 326 g/mol. The van der Waals surface area contributed by atoms with E-state index >= 15 is 0 Å². The molecule has 0 spiro atoms. The number of nitrogens with zero attached hydrogens (tertiary/aromatic N) is 1.